The first-order valence-electron chi connectivity index (χ1n) is 9.00. The normalized spacial score (nSPS) is 16.5. The molecule has 0 saturated carbocycles. The van der Waals surface area contributed by atoms with E-state index in [9.17, 15) is 0 Å². The van der Waals surface area contributed by atoms with Crippen molar-refractivity contribution in [1.29, 1.82) is 0 Å². The number of benzene rings is 3. The topological polar surface area (TPSA) is 15.6 Å². The van der Waals surface area contributed by atoms with Crippen LogP contribution in [0.3, 0.4) is 0 Å². The summed E-state index contributed by atoms with van der Waals surface area (Å²) in [5.41, 5.74) is 4.24. The van der Waals surface area contributed by atoms with Crippen molar-refractivity contribution in [3.05, 3.63) is 103 Å². The molecular weight excluding hydrogens is 535 g/mol. The van der Waals surface area contributed by atoms with E-state index in [1.54, 1.807) is 0 Å². The van der Waals surface area contributed by atoms with Gasteiger partial charge >= 0.3 is 0 Å². The first kappa shape index (κ1) is 20.7. The molecule has 0 aliphatic carbocycles. The lowest BCUT2D eigenvalue weighted by molar-refractivity contribution is 0.709. The number of nitrogens with zero attached hydrogens (tertiary/aromatic N) is 2. The highest BCUT2D eigenvalue weighted by Crippen LogP contribution is 2.38. The fraction of sp³-hybridized carbons (Fsp3) is 0.0870. The molecule has 0 radical (unpaired) electrons. The van der Waals surface area contributed by atoms with E-state index in [4.69, 9.17) is 28.3 Å². The number of hydrazone groups is 1. The Morgan fingerprint density at radius 3 is 2.14 bits per heavy atom. The molecule has 1 unspecified atom stereocenters. The Morgan fingerprint density at radius 2 is 1.48 bits per heavy atom. The van der Waals surface area contributed by atoms with Gasteiger partial charge in [-0.3, -0.25) is 5.01 Å². The summed E-state index contributed by atoms with van der Waals surface area (Å²) in [6.07, 6.45) is 4.96. The molecule has 3 aromatic carbocycles. The van der Waals surface area contributed by atoms with E-state index in [1.807, 2.05) is 35.3 Å². The number of hydrogen-bond donors (Lipinski definition) is 0. The largest absolute Gasteiger partial charge is 0.257 e. The highest BCUT2D eigenvalue weighted by atomic mass is 79.9. The standard InChI is InChI=1S/C23H16Br2Cl2N2/c24-17-6-1-15(2-7-17)3-10-19-13-23(16-4-8-18(25)9-5-16)29(28-19)20-11-12-21(26)22(27)14-20/h1-12,14,23H,13H2/b10-3+. The molecule has 0 aromatic heterocycles. The third kappa shape index (κ3) is 4.95. The maximum absolute atomic E-state index is 6.27. The Bertz CT molecular complexity index is 1080. The van der Waals surface area contributed by atoms with Crippen LogP contribution in [0.25, 0.3) is 6.08 Å². The summed E-state index contributed by atoms with van der Waals surface area (Å²) in [5.74, 6) is 0. The van der Waals surface area contributed by atoms with E-state index >= 15 is 0 Å². The maximum atomic E-state index is 6.27. The molecule has 29 heavy (non-hydrogen) atoms. The molecule has 0 spiro atoms. The minimum absolute atomic E-state index is 0.0879. The summed E-state index contributed by atoms with van der Waals surface area (Å²) in [4.78, 5) is 0. The van der Waals surface area contributed by atoms with Crippen LogP contribution < -0.4 is 5.01 Å². The van der Waals surface area contributed by atoms with Gasteiger partial charge < -0.3 is 0 Å². The Balaban J connectivity index is 1.66. The molecule has 1 aliphatic heterocycles. The second-order valence-electron chi connectivity index (χ2n) is 6.69. The van der Waals surface area contributed by atoms with Crippen LogP contribution in [0.2, 0.25) is 10.0 Å². The summed E-state index contributed by atoms with van der Waals surface area (Å²) >= 11 is 19.4. The van der Waals surface area contributed by atoms with Crippen LogP contribution in [0.1, 0.15) is 23.6 Å². The number of allylic oxidation sites excluding steroid dienone is 1. The Morgan fingerprint density at radius 1 is 0.828 bits per heavy atom. The molecule has 3 aromatic rings. The molecule has 0 bridgehead atoms. The van der Waals surface area contributed by atoms with Crippen molar-refractivity contribution in [3.8, 4) is 0 Å². The lowest BCUT2D eigenvalue weighted by Crippen LogP contribution is -2.18. The molecule has 2 nitrogen and oxygen atoms in total. The van der Waals surface area contributed by atoms with Crippen LogP contribution in [0.5, 0.6) is 0 Å². The zero-order valence-electron chi connectivity index (χ0n) is 15.2. The highest BCUT2D eigenvalue weighted by Gasteiger charge is 2.28. The van der Waals surface area contributed by atoms with E-state index in [0.717, 1.165) is 32.3 Å². The van der Waals surface area contributed by atoms with Crippen molar-refractivity contribution in [2.24, 2.45) is 5.10 Å². The van der Waals surface area contributed by atoms with Gasteiger partial charge in [-0.15, -0.1) is 0 Å². The zero-order valence-corrected chi connectivity index (χ0v) is 19.9. The van der Waals surface area contributed by atoms with Gasteiger partial charge in [0.1, 0.15) is 0 Å². The molecule has 146 valence electrons. The van der Waals surface area contributed by atoms with Gasteiger partial charge in [0.2, 0.25) is 0 Å². The predicted molar refractivity (Wildman–Crippen MR) is 131 cm³/mol. The van der Waals surface area contributed by atoms with Crippen molar-refractivity contribution in [1.82, 2.24) is 0 Å². The summed E-state index contributed by atoms with van der Waals surface area (Å²) in [6.45, 7) is 0. The summed E-state index contributed by atoms with van der Waals surface area (Å²) in [7, 11) is 0. The average Bonchev–Trinajstić information content (AvgIpc) is 3.14. The smallest absolute Gasteiger partial charge is 0.0831 e. The van der Waals surface area contributed by atoms with Crippen molar-refractivity contribution in [2.45, 2.75) is 12.5 Å². The highest BCUT2D eigenvalue weighted by molar-refractivity contribution is 9.10. The summed E-state index contributed by atoms with van der Waals surface area (Å²) in [5, 5.41) is 7.96. The number of rotatable bonds is 4. The van der Waals surface area contributed by atoms with Gasteiger partial charge in [-0.25, -0.2) is 0 Å². The van der Waals surface area contributed by atoms with E-state index in [0.29, 0.717) is 10.0 Å². The average molecular weight is 551 g/mol. The molecule has 1 aliphatic rings. The van der Waals surface area contributed by atoms with Crippen molar-refractivity contribution < 1.29 is 0 Å². The predicted octanol–water partition coefficient (Wildman–Crippen LogP) is 8.54. The monoisotopic (exact) mass is 548 g/mol. The SMILES string of the molecule is Clc1ccc(N2N=C(/C=C/c3ccc(Br)cc3)CC2c2ccc(Br)cc2)cc1Cl. The lowest BCUT2D eigenvalue weighted by Gasteiger charge is -2.24. The van der Waals surface area contributed by atoms with Crippen molar-refractivity contribution in [3.63, 3.8) is 0 Å². The number of anilines is 1. The van der Waals surface area contributed by atoms with Crippen LogP contribution in [0.4, 0.5) is 5.69 Å². The maximum Gasteiger partial charge on any atom is 0.0831 e. The second kappa shape index (κ2) is 9.05. The number of halogens is 4. The van der Waals surface area contributed by atoms with Crippen molar-refractivity contribution in [2.75, 3.05) is 5.01 Å². The lowest BCUT2D eigenvalue weighted by atomic mass is 10.0. The molecule has 0 fully saturated rings. The fourth-order valence-corrected chi connectivity index (χ4v) is 4.03. The van der Waals surface area contributed by atoms with Gasteiger partial charge in [0.05, 0.1) is 27.5 Å². The van der Waals surface area contributed by atoms with Gasteiger partial charge in [-0.05, 0) is 59.7 Å². The van der Waals surface area contributed by atoms with Crippen LogP contribution in [0, 0.1) is 0 Å². The third-order valence-electron chi connectivity index (χ3n) is 4.69. The molecule has 0 N–H and O–H groups in total. The first-order valence-corrected chi connectivity index (χ1v) is 11.3. The zero-order chi connectivity index (χ0) is 20.4. The van der Waals surface area contributed by atoms with Crippen molar-refractivity contribution >= 4 is 72.5 Å². The van der Waals surface area contributed by atoms with Crippen LogP contribution in [-0.4, -0.2) is 5.71 Å². The van der Waals surface area contributed by atoms with Crippen LogP contribution >= 0.6 is 55.1 Å². The molecule has 1 heterocycles. The number of hydrogen-bond acceptors (Lipinski definition) is 2. The quantitative estimate of drug-likeness (QED) is 0.318. The molecule has 6 heteroatoms. The first-order chi connectivity index (χ1) is 14.0. The molecule has 4 rings (SSSR count). The second-order valence-corrected chi connectivity index (χ2v) is 9.34. The van der Waals surface area contributed by atoms with E-state index in [2.05, 4.69) is 80.4 Å². The summed E-state index contributed by atoms with van der Waals surface area (Å²) in [6, 6.07) is 22.3. The van der Waals surface area contributed by atoms with E-state index < -0.39 is 0 Å². The Hall–Kier alpha value is -1.59. The van der Waals surface area contributed by atoms with E-state index in [-0.39, 0.29) is 6.04 Å². The minimum atomic E-state index is 0.0879. The fourth-order valence-electron chi connectivity index (χ4n) is 3.21. The van der Waals surface area contributed by atoms with Gasteiger partial charge in [0.15, 0.2) is 0 Å². The van der Waals surface area contributed by atoms with Crippen LogP contribution in [-0.2, 0) is 0 Å². The van der Waals surface area contributed by atoms with E-state index in [1.165, 1.54) is 5.56 Å². The Kier molecular flexibility index (Phi) is 6.45. The van der Waals surface area contributed by atoms with Gasteiger partial charge in [0.25, 0.3) is 0 Å². The molecule has 1 atom stereocenters. The van der Waals surface area contributed by atoms with Crippen LogP contribution in [0.15, 0.2) is 86.9 Å². The van der Waals surface area contributed by atoms with Gasteiger partial charge in [-0.1, -0.05) is 85.4 Å². The molecular formula is C23H16Br2Cl2N2. The molecule has 0 saturated heterocycles. The molecule has 0 amide bonds. The Labute approximate surface area is 197 Å². The van der Waals surface area contributed by atoms with Gasteiger partial charge in [-0.2, -0.15) is 5.10 Å². The summed E-state index contributed by atoms with van der Waals surface area (Å²) < 4.78 is 2.12. The third-order valence-corrected chi connectivity index (χ3v) is 6.49. The van der Waals surface area contributed by atoms with Gasteiger partial charge in [0, 0.05) is 15.4 Å². The minimum Gasteiger partial charge on any atom is -0.257 e.